The van der Waals surface area contributed by atoms with E-state index in [9.17, 15) is 13.2 Å². The molecule has 1 fully saturated rings. The summed E-state index contributed by atoms with van der Waals surface area (Å²) >= 11 is 0. The number of carbonyl (C=O) groups excluding carboxylic acids is 1. The number of nitrogens with two attached hydrogens (primary N) is 1. The molecule has 1 amide bonds. The molecule has 3 N–H and O–H groups in total. The van der Waals surface area contributed by atoms with E-state index in [0.717, 1.165) is 0 Å². The number of nitrogens with one attached hydrogen (secondary N) is 1. The molecule has 0 aliphatic carbocycles. The first-order chi connectivity index (χ1) is 9.41. The number of anilines is 1. The Morgan fingerprint density at radius 1 is 1.50 bits per heavy atom. The molecule has 0 aromatic heterocycles. The van der Waals surface area contributed by atoms with Gasteiger partial charge in [0.25, 0.3) is 0 Å². The van der Waals surface area contributed by atoms with Crippen molar-refractivity contribution in [2.24, 2.45) is 11.1 Å². The van der Waals surface area contributed by atoms with Gasteiger partial charge in [-0.3, -0.25) is 4.79 Å². The second-order valence-corrected chi connectivity index (χ2v) is 5.99. The van der Waals surface area contributed by atoms with Crippen LogP contribution < -0.4 is 15.2 Å². The molecular weight excluding hydrogens is 284 g/mol. The van der Waals surface area contributed by atoms with Crippen LogP contribution in [0.1, 0.15) is 6.42 Å². The predicted molar refractivity (Wildman–Crippen MR) is 71.9 cm³/mol. The number of rotatable bonds is 4. The fraction of sp³-hybridized carbons (Fsp3) is 0.417. The number of carbonyl (C=O) groups is 1. The number of methoxy groups -OCH3 is 1. The quantitative estimate of drug-likeness (QED) is 0.832. The van der Waals surface area contributed by atoms with Crippen LogP contribution in [-0.4, -0.2) is 34.6 Å². The van der Waals surface area contributed by atoms with Gasteiger partial charge in [-0.05, 0) is 24.6 Å². The summed E-state index contributed by atoms with van der Waals surface area (Å²) in [4.78, 5) is 11.8. The highest BCUT2D eigenvalue weighted by Crippen LogP contribution is 2.26. The lowest BCUT2D eigenvalue weighted by atomic mass is 10.1. The number of hydrogen-bond donors (Lipinski definition) is 2. The monoisotopic (exact) mass is 300 g/mol. The van der Waals surface area contributed by atoms with Crippen LogP contribution in [0.3, 0.4) is 0 Å². The van der Waals surface area contributed by atoms with Gasteiger partial charge in [0.2, 0.25) is 15.9 Å². The fourth-order valence-corrected chi connectivity index (χ4v) is 2.69. The predicted octanol–water partition coefficient (Wildman–Crippen LogP) is 0.318. The molecule has 1 aliphatic heterocycles. The van der Waals surface area contributed by atoms with Crippen LogP contribution in [0.2, 0.25) is 0 Å². The van der Waals surface area contributed by atoms with Crippen LogP contribution in [0.25, 0.3) is 0 Å². The van der Waals surface area contributed by atoms with Crippen molar-refractivity contribution >= 4 is 21.6 Å². The van der Waals surface area contributed by atoms with Gasteiger partial charge < -0.3 is 14.8 Å². The van der Waals surface area contributed by atoms with Gasteiger partial charge in [-0.25, -0.2) is 13.6 Å². The van der Waals surface area contributed by atoms with Crippen LogP contribution >= 0.6 is 0 Å². The first-order valence-electron chi connectivity index (χ1n) is 6.01. The third-order valence-electron chi connectivity index (χ3n) is 3.04. The topological polar surface area (TPSA) is 108 Å². The summed E-state index contributed by atoms with van der Waals surface area (Å²) in [7, 11) is -2.58. The zero-order valence-corrected chi connectivity index (χ0v) is 11.8. The Hall–Kier alpha value is -1.64. The standard InChI is InChI=1S/C12H16N2O5S/c1-18-10-3-2-9(6-11(10)20(13,16)17)14-12(15)8-4-5-19-7-8/h2-3,6,8H,4-5,7H2,1H3,(H,14,15)(H2,13,16,17). The summed E-state index contributed by atoms with van der Waals surface area (Å²) in [5.74, 6) is -0.280. The van der Waals surface area contributed by atoms with Gasteiger partial charge in [0.05, 0.1) is 19.6 Å². The highest BCUT2D eigenvalue weighted by atomic mass is 32.2. The van der Waals surface area contributed by atoms with Crippen LogP contribution in [0.15, 0.2) is 23.1 Å². The van der Waals surface area contributed by atoms with Crippen LogP contribution in [0.4, 0.5) is 5.69 Å². The molecule has 8 heteroatoms. The first-order valence-corrected chi connectivity index (χ1v) is 7.56. The van der Waals surface area contributed by atoms with Crippen molar-refractivity contribution in [1.82, 2.24) is 0 Å². The van der Waals surface area contributed by atoms with E-state index in [4.69, 9.17) is 14.6 Å². The summed E-state index contributed by atoms with van der Waals surface area (Å²) < 4.78 is 33.0. The summed E-state index contributed by atoms with van der Waals surface area (Å²) in [6.07, 6.45) is 0.657. The summed E-state index contributed by atoms with van der Waals surface area (Å²) in [5.41, 5.74) is 0.353. The minimum atomic E-state index is -3.92. The van der Waals surface area contributed by atoms with Crippen molar-refractivity contribution in [2.75, 3.05) is 25.6 Å². The van der Waals surface area contributed by atoms with Gasteiger partial charge in [-0.15, -0.1) is 0 Å². The number of amides is 1. The average molecular weight is 300 g/mol. The minimum Gasteiger partial charge on any atom is -0.495 e. The van der Waals surface area contributed by atoms with Crippen LogP contribution in [0, 0.1) is 5.92 Å². The van der Waals surface area contributed by atoms with Crippen molar-refractivity contribution in [3.8, 4) is 5.75 Å². The highest BCUT2D eigenvalue weighted by Gasteiger charge is 2.24. The third kappa shape index (κ3) is 3.27. The number of ether oxygens (including phenoxy) is 2. The van der Waals surface area contributed by atoms with E-state index in [2.05, 4.69) is 5.32 Å². The highest BCUT2D eigenvalue weighted by molar-refractivity contribution is 7.89. The van der Waals surface area contributed by atoms with E-state index in [1.807, 2.05) is 0 Å². The minimum absolute atomic E-state index is 0.134. The van der Waals surface area contributed by atoms with Crippen molar-refractivity contribution in [3.63, 3.8) is 0 Å². The SMILES string of the molecule is COc1ccc(NC(=O)C2CCOC2)cc1S(N)(=O)=O. The smallest absolute Gasteiger partial charge is 0.241 e. The maximum absolute atomic E-state index is 11.9. The lowest BCUT2D eigenvalue weighted by Gasteiger charge is -2.12. The molecule has 1 aromatic rings. The summed E-state index contributed by atoms with van der Waals surface area (Å²) in [6.45, 7) is 0.938. The average Bonchev–Trinajstić information content (AvgIpc) is 2.91. The molecule has 1 atom stereocenters. The Kier molecular flexibility index (Phi) is 4.26. The molecule has 1 aliphatic rings. The normalized spacial score (nSPS) is 18.8. The molecular formula is C12H16N2O5S. The zero-order chi connectivity index (χ0) is 14.8. The Bertz CT molecular complexity index is 608. The first kappa shape index (κ1) is 14.8. The van der Waals surface area contributed by atoms with E-state index in [0.29, 0.717) is 25.3 Å². The molecule has 20 heavy (non-hydrogen) atoms. The summed E-state index contributed by atoms with van der Waals surface area (Å²) in [5, 5.41) is 7.77. The van der Waals surface area contributed by atoms with Crippen molar-refractivity contribution in [2.45, 2.75) is 11.3 Å². The van der Waals surface area contributed by atoms with Gasteiger partial charge in [0.15, 0.2) is 0 Å². The second kappa shape index (κ2) is 5.78. The Morgan fingerprint density at radius 2 is 2.25 bits per heavy atom. The number of primary sulfonamides is 1. The molecule has 0 spiro atoms. The molecule has 1 unspecified atom stereocenters. The Balaban J connectivity index is 2.23. The Morgan fingerprint density at radius 3 is 2.80 bits per heavy atom. The number of hydrogen-bond acceptors (Lipinski definition) is 5. The second-order valence-electron chi connectivity index (χ2n) is 4.46. The van der Waals surface area contributed by atoms with E-state index in [1.54, 1.807) is 6.07 Å². The van der Waals surface area contributed by atoms with Crippen LogP contribution in [-0.2, 0) is 19.6 Å². The Labute approximate surface area is 117 Å². The van der Waals surface area contributed by atoms with E-state index < -0.39 is 10.0 Å². The lowest BCUT2D eigenvalue weighted by molar-refractivity contribution is -0.119. The van der Waals surface area contributed by atoms with Gasteiger partial charge in [0, 0.05) is 12.3 Å². The largest absolute Gasteiger partial charge is 0.495 e. The van der Waals surface area contributed by atoms with Gasteiger partial charge in [-0.2, -0.15) is 0 Å². The maximum Gasteiger partial charge on any atom is 0.241 e. The molecule has 7 nitrogen and oxygen atoms in total. The molecule has 1 heterocycles. The third-order valence-corrected chi connectivity index (χ3v) is 3.97. The van der Waals surface area contributed by atoms with Crippen molar-refractivity contribution in [1.29, 1.82) is 0 Å². The maximum atomic E-state index is 11.9. The molecule has 0 bridgehead atoms. The van der Waals surface area contributed by atoms with E-state index in [1.165, 1.54) is 19.2 Å². The zero-order valence-electron chi connectivity index (χ0n) is 11.0. The molecule has 2 rings (SSSR count). The van der Waals surface area contributed by atoms with Gasteiger partial charge >= 0.3 is 0 Å². The lowest BCUT2D eigenvalue weighted by Crippen LogP contribution is -2.23. The molecule has 0 saturated carbocycles. The molecule has 1 saturated heterocycles. The van der Waals surface area contributed by atoms with Crippen LogP contribution in [0.5, 0.6) is 5.75 Å². The van der Waals surface area contributed by atoms with E-state index >= 15 is 0 Å². The van der Waals surface area contributed by atoms with Crippen molar-refractivity contribution < 1.29 is 22.7 Å². The molecule has 110 valence electrons. The molecule has 1 aromatic carbocycles. The number of sulfonamides is 1. The van der Waals surface area contributed by atoms with Crippen molar-refractivity contribution in [3.05, 3.63) is 18.2 Å². The fourth-order valence-electron chi connectivity index (χ4n) is 1.96. The molecule has 0 radical (unpaired) electrons. The van der Waals surface area contributed by atoms with E-state index in [-0.39, 0.29) is 22.5 Å². The number of benzene rings is 1. The summed E-state index contributed by atoms with van der Waals surface area (Å²) in [6, 6.07) is 4.28. The van der Waals surface area contributed by atoms with Gasteiger partial charge in [0.1, 0.15) is 10.6 Å². The van der Waals surface area contributed by atoms with Gasteiger partial charge in [-0.1, -0.05) is 0 Å².